The number of hydrogen-bond acceptors (Lipinski definition) is 0. The SMILES string of the molecule is ClC(Cc1ccccc1)(Cc1ccccc1)c1ccccc1. The second-order valence-corrected chi connectivity index (χ2v) is 6.38. The summed E-state index contributed by atoms with van der Waals surface area (Å²) in [6.07, 6.45) is 1.63. The van der Waals surface area contributed by atoms with Gasteiger partial charge in [-0.15, -0.1) is 11.6 Å². The maximum atomic E-state index is 7.13. The van der Waals surface area contributed by atoms with E-state index >= 15 is 0 Å². The van der Waals surface area contributed by atoms with Gasteiger partial charge in [0.15, 0.2) is 0 Å². The van der Waals surface area contributed by atoms with E-state index in [0.29, 0.717) is 0 Å². The molecular formula is C21H19Cl. The van der Waals surface area contributed by atoms with Gasteiger partial charge in [-0.25, -0.2) is 0 Å². The molecule has 22 heavy (non-hydrogen) atoms. The van der Waals surface area contributed by atoms with Crippen LogP contribution in [0.25, 0.3) is 0 Å². The van der Waals surface area contributed by atoms with Crippen molar-refractivity contribution in [2.24, 2.45) is 0 Å². The van der Waals surface area contributed by atoms with Gasteiger partial charge in [-0.05, 0) is 29.5 Å². The van der Waals surface area contributed by atoms with Crippen molar-refractivity contribution in [3.05, 3.63) is 108 Å². The third-order valence-electron chi connectivity index (χ3n) is 3.95. The van der Waals surface area contributed by atoms with Gasteiger partial charge in [0.25, 0.3) is 0 Å². The molecule has 0 bridgehead atoms. The maximum absolute atomic E-state index is 7.13. The van der Waals surface area contributed by atoms with Crippen molar-refractivity contribution in [1.29, 1.82) is 0 Å². The lowest BCUT2D eigenvalue weighted by Crippen LogP contribution is -2.25. The lowest BCUT2D eigenvalue weighted by molar-refractivity contribution is 0.601. The van der Waals surface area contributed by atoms with E-state index in [4.69, 9.17) is 11.6 Å². The van der Waals surface area contributed by atoms with E-state index in [1.165, 1.54) is 16.7 Å². The molecule has 3 aromatic carbocycles. The van der Waals surface area contributed by atoms with Crippen LogP contribution in [0.5, 0.6) is 0 Å². The van der Waals surface area contributed by atoms with Gasteiger partial charge in [0.1, 0.15) is 0 Å². The van der Waals surface area contributed by atoms with Crippen molar-refractivity contribution in [2.75, 3.05) is 0 Å². The van der Waals surface area contributed by atoms with Crippen molar-refractivity contribution >= 4 is 11.6 Å². The third-order valence-corrected chi connectivity index (χ3v) is 4.43. The molecular weight excluding hydrogens is 288 g/mol. The lowest BCUT2D eigenvalue weighted by Gasteiger charge is -2.28. The highest BCUT2D eigenvalue weighted by Crippen LogP contribution is 2.36. The summed E-state index contributed by atoms with van der Waals surface area (Å²) >= 11 is 7.13. The minimum Gasteiger partial charge on any atom is -0.113 e. The summed E-state index contributed by atoms with van der Waals surface area (Å²) in [7, 11) is 0. The van der Waals surface area contributed by atoms with Crippen molar-refractivity contribution in [2.45, 2.75) is 17.7 Å². The molecule has 0 spiro atoms. The Kier molecular flexibility index (Phi) is 4.60. The molecule has 0 fully saturated rings. The Morgan fingerprint density at radius 3 is 1.32 bits per heavy atom. The molecule has 0 unspecified atom stereocenters. The van der Waals surface area contributed by atoms with E-state index in [9.17, 15) is 0 Å². The summed E-state index contributed by atoms with van der Waals surface area (Å²) in [4.78, 5) is -0.427. The number of alkyl halides is 1. The summed E-state index contributed by atoms with van der Waals surface area (Å²) in [5.41, 5.74) is 3.69. The number of hydrogen-bond donors (Lipinski definition) is 0. The van der Waals surface area contributed by atoms with Crippen LogP contribution in [0.3, 0.4) is 0 Å². The normalized spacial score (nSPS) is 11.3. The zero-order valence-electron chi connectivity index (χ0n) is 12.5. The molecule has 0 heterocycles. The largest absolute Gasteiger partial charge is 0.113 e. The fourth-order valence-corrected chi connectivity index (χ4v) is 3.28. The Bertz CT molecular complexity index is 648. The van der Waals surface area contributed by atoms with Gasteiger partial charge in [0.05, 0.1) is 4.87 Å². The first-order valence-electron chi connectivity index (χ1n) is 7.59. The molecule has 0 atom stereocenters. The van der Waals surface area contributed by atoms with Gasteiger partial charge in [-0.3, -0.25) is 0 Å². The monoisotopic (exact) mass is 306 g/mol. The number of benzene rings is 3. The van der Waals surface area contributed by atoms with Gasteiger partial charge in [0.2, 0.25) is 0 Å². The minimum atomic E-state index is -0.427. The predicted octanol–water partition coefficient (Wildman–Crippen LogP) is 5.61. The van der Waals surface area contributed by atoms with Crippen LogP contribution in [0, 0.1) is 0 Å². The minimum absolute atomic E-state index is 0.427. The molecule has 3 aromatic rings. The van der Waals surface area contributed by atoms with Crippen LogP contribution in [-0.4, -0.2) is 0 Å². The topological polar surface area (TPSA) is 0 Å². The first kappa shape index (κ1) is 14.9. The second-order valence-electron chi connectivity index (χ2n) is 5.66. The lowest BCUT2D eigenvalue weighted by atomic mass is 9.86. The highest BCUT2D eigenvalue weighted by atomic mass is 35.5. The smallest absolute Gasteiger partial charge is 0.0775 e. The van der Waals surface area contributed by atoms with E-state index in [-0.39, 0.29) is 0 Å². The fourth-order valence-electron chi connectivity index (χ4n) is 2.84. The van der Waals surface area contributed by atoms with Gasteiger partial charge < -0.3 is 0 Å². The van der Waals surface area contributed by atoms with E-state index < -0.39 is 4.87 Å². The molecule has 0 radical (unpaired) electrons. The summed E-state index contributed by atoms with van der Waals surface area (Å²) in [5, 5.41) is 0. The van der Waals surface area contributed by atoms with Crippen LogP contribution in [0.2, 0.25) is 0 Å². The van der Waals surface area contributed by atoms with Gasteiger partial charge >= 0.3 is 0 Å². The van der Waals surface area contributed by atoms with Crippen LogP contribution in [-0.2, 0) is 17.7 Å². The molecule has 0 aromatic heterocycles. The average molecular weight is 307 g/mol. The average Bonchev–Trinajstić information content (AvgIpc) is 2.57. The summed E-state index contributed by atoms with van der Waals surface area (Å²) < 4.78 is 0. The van der Waals surface area contributed by atoms with Gasteiger partial charge in [-0.1, -0.05) is 91.0 Å². The maximum Gasteiger partial charge on any atom is 0.0775 e. The summed E-state index contributed by atoms with van der Waals surface area (Å²) in [5.74, 6) is 0. The van der Waals surface area contributed by atoms with Crippen LogP contribution < -0.4 is 0 Å². The first-order valence-corrected chi connectivity index (χ1v) is 7.96. The highest BCUT2D eigenvalue weighted by molar-refractivity contribution is 6.24. The molecule has 0 N–H and O–H groups in total. The molecule has 0 saturated carbocycles. The van der Waals surface area contributed by atoms with Crippen LogP contribution >= 0.6 is 11.6 Å². The summed E-state index contributed by atoms with van der Waals surface area (Å²) in [6, 6.07) is 31.3. The van der Waals surface area contributed by atoms with Crippen LogP contribution in [0.15, 0.2) is 91.0 Å². The molecule has 0 amide bonds. The highest BCUT2D eigenvalue weighted by Gasteiger charge is 2.30. The molecule has 0 aliphatic carbocycles. The first-order chi connectivity index (χ1) is 10.8. The number of rotatable bonds is 5. The Hall–Kier alpha value is -2.05. The standard InChI is InChI=1S/C21H19Cl/c22-21(20-14-8-3-9-15-20,16-18-10-4-1-5-11-18)17-19-12-6-2-7-13-19/h1-15H,16-17H2. The molecule has 0 aliphatic rings. The van der Waals surface area contributed by atoms with Gasteiger partial charge in [0, 0.05) is 0 Å². The van der Waals surface area contributed by atoms with Gasteiger partial charge in [-0.2, -0.15) is 0 Å². The summed E-state index contributed by atoms with van der Waals surface area (Å²) in [6.45, 7) is 0. The van der Waals surface area contributed by atoms with Crippen molar-refractivity contribution < 1.29 is 0 Å². The molecule has 0 nitrogen and oxygen atoms in total. The molecule has 0 aliphatic heterocycles. The van der Waals surface area contributed by atoms with Crippen molar-refractivity contribution in [1.82, 2.24) is 0 Å². The molecule has 0 saturated heterocycles. The third kappa shape index (κ3) is 3.58. The number of halogens is 1. The van der Waals surface area contributed by atoms with Crippen molar-refractivity contribution in [3.63, 3.8) is 0 Å². The van der Waals surface area contributed by atoms with Crippen molar-refractivity contribution in [3.8, 4) is 0 Å². The Morgan fingerprint density at radius 1 is 0.545 bits per heavy atom. The van der Waals surface area contributed by atoms with E-state index in [2.05, 4.69) is 72.8 Å². The quantitative estimate of drug-likeness (QED) is 0.538. The molecule has 110 valence electrons. The van der Waals surface area contributed by atoms with Crippen LogP contribution in [0.1, 0.15) is 16.7 Å². The second kappa shape index (κ2) is 6.81. The zero-order chi connectivity index (χ0) is 15.3. The molecule has 1 heteroatoms. The van der Waals surface area contributed by atoms with E-state index in [1.54, 1.807) is 0 Å². The Labute approximate surface area is 137 Å². The Balaban J connectivity index is 1.95. The Morgan fingerprint density at radius 2 is 0.909 bits per heavy atom. The van der Waals surface area contributed by atoms with E-state index in [0.717, 1.165) is 12.8 Å². The van der Waals surface area contributed by atoms with Crippen LogP contribution in [0.4, 0.5) is 0 Å². The van der Waals surface area contributed by atoms with E-state index in [1.807, 2.05) is 18.2 Å². The zero-order valence-corrected chi connectivity index (χ0v) is 13.2. The fraction of sp³-hybridized carbons (Fsp3) is 0.143. The molecule has 3 rings (SSSR count). The predicted molar refractivity (Wildman–Crippen MR) is 94.3 cm³/mol.